The number of hydrogen-bond acceptors (Lipinski definition) is 8. The summed E-state index contributed by atoms with van der Waals surface area (Å²) in [6.07, 6.45) is 2.28. The average molecular weight is 503 g/mol. The number of anilines is 2. The Bertz CT molecular complexity index is 1200. The number of nitrogens with one attached hydrogen (secondary N) is 2. The standard InChI is InChI=1S/C18H19F3N4O2.C5H5N3O/c1-27-13-4-5-15(14(8-13)18(19,20)21)25-12-3-2-11(23-10-12)9-24-16(26)17(22)6-7-17;6-5(9)4-1-7-3-8-2-4/h2-5,8,10,25H,6-7,9,22H2,1H3,(H,24,26);1-3H,(H2,6,9). The number of nitrogens with two attached hydrogens (primary N) is 2. The zero-order chi connectivity index (χ0) is 26.3. The Morgan fingerprint density at radius 1 is 1.11 bits per heavy atom. The Balaban J connectivity index is 0.000000338. The van der Waals surface area contributed by atoms with Crippen LogP contribution in [0.15, 0.2) is 55.2 Å². The third kappa shape index (κ3) is 7.12. The minimum atomic E-state index is -4.53. The van der Waals surface area contributed by atoms with E-state index in [2.05, 4.69) is 25.6 Å². The highest BCUT2D eigenvalue weighted by molar-refractivity contribution is 5.92. The molecule has 3 aromatic rings. The van der Waals surface area contributed by atoms with E-state index in [1.165, 1.54) is 44.2 Å². The molecule has 0 saturated heterocycles. The van der Waals surface area contributed by atoms with Crippen LogP contribution in [0.1, 0.15) is 34.5 Å². The van der Waals surface area contributed by atoms with Crippen LogP contribution in [-0.4, -0.2) is 39.4 Å². The van der Waals surface area contributed by atoms with E-state index in [0.29, 0.717) is 29.8 Å². The maximum absolute atomic E-state index is 13.2. The Labute approximate surface area is 204 Å². The lowest BCUT2D eigenvalue weighted by molar-refractivity contribution is -0.137. The van der Waals surface area contributed by atoms with Gasteiger partial charge in [-0.25, -0.2) is 9.97 Å². The van der Waals surface area contributed by atoms with E-state index in [4.69, 9.17) is 16.2 Å². The SMILES string of the molecule is COc1ccc(Nc2ccc(CNC(=O)C3(N)CC3)nc2)c(C(F)(F)F)c1.NC(=O)c1cncnc1. The van der Waals surface area contributed by atoms with Crippen LogP contribution in [0.4, 0.5) is 24.5 Å². The number of carbonyl (C=O) groups excluding carboxylic acids is 2. The fraction of sp³-hybridized carbons (Fsp3) is 0.261. The molecule has 4 rings (SSSR count). The van der Waals surface area contributed by atoms with Crippen molar-refractivity contribution in [2.24, 2.45) is 11.5 Å². The van der Waals surface area contributed by atoms with Crippen molar-refractivity contribution < 1.29 is 27.5 Å². The minimum Gasteiger partial charge on any atom is -0.497 e. The summed E-state index contributed by atoms with van der Waals surface area (Å²) in [5.41, 5.74) is 10.3. The Morgan fingerprint density at radius 2 is 1.81 bits per heavy atom. The number of methoxy groups -OCH3 is 1. The van der Waals surface area contributed by atoms with Crippen LogP contribution in [-0.2, 0) is 17.5 Å². The summed E-state index contributed by atoms with van der Waals surface area (Å²) in [7, 11) is 1.31. The van der Waals surface area contributed by atoms with Crippen molar-refractivity contribution in [3.63, 3.8) is 0 Å². The van der Waals surface area contributed by atoms with Crippen molar-refractivity contribution in [2.45, 2.75) is 31.1 Å². The number of benzene rings is 1. The molecule has 0 aliphatic heterocycles. The molecule has 36 heavy (non-hydrogen) atoms. The molecule has 1 aromatic carbocycles. The van der Waals surface area contributed by atoms with Gasteiger partial charge < -0.3 is 26.8 Å². The summed E-state index contributed by atoms with van der Waals surface area (Å²) in [6.45, 7) is 0.203. The molecule has 2 amide bonds. The van der Waals surface area contributed by atoms with Gasteiger partial charge in [-0.2, -0.15) is 13.2 Å². The van der Waals surface area contributed by atoms with Gasteiger partial charge in [-0.05, 0) is 43.2 Å². The van der Waals surface area contributed by atoms with Crippen molar-refractivity contribution in [3.8, 4) is 5.75 Å². The Kier molecular flexibility index (Phi) is 8.04. The fourth-order valence-electron chi connectivity index (χ4n) is 2.89. The first-order valence-electron chi connectivity index (χ1n) is 10.6. The molecule has 0 atom stereocenters. The topological polar surface area (TPSA) is 158 Å². The second kappa shape index (κ2) is 11.0. The molecule has 2 aromatic heterocycles. The number of carbonyl (C=O) groups is 2. The molecule has 1 aliphatic rings. The molecule has 0 bridgehead atoms. The zero-order valence-electron chi connectivity index (χ0n) is 19.2. The van der Waals surface area contributed by atoms with Crippen LogP contribution < -0.4 is 26.8 Å². The summed E-state index contributed by atoms with van der Waals surface area (Å²) in [5, 5.41) is 5.41. The van der Waals surface area contributed by atoms with Crippen molar-refractivity contribution in [3.05, 3.63) is 72.1 Å². The first-order valence-corrected chi connectivity index (χ1v) is 10.6. The Hall–Kier alpha value is -4.26. The number of ether oxygens (including phenoxy) is 1. The molecule has 13 heteroatoms. The van der Waals surface area contributed by atoms with Gasteiger partial charge in [0.15, 0.2) is 0 Å². The van der Waals surface area contributed by atoms with E-state index in [1.54, 1.807) is 12.1 Å². The van der Waals surface area contributed by atoms with Crippen molar-refractivity contribution in [2.75, 3.05) is 12.4 Å². The van der Waals surface area contributed by atoms with Gasteiger partial charge in [0, 0.05) is 12.4 Å². The highest BCUT2D eigenvalue weighted by Crippen LogP contribution is 2.38. The summed E-state index contributed by atoms with van der Waals surface area (Å²) < 4.78 is 44.6. The van der Waals surface area contributed by atoms with Crippen molar-refractivity contribution in [1.82, 2.24) is 20.3 Å². The quantitative estimate of drug-likeness (QED) is 0.383. The molecule has 0 unspecified atom stereocenters. The lowest BCUT2D eigenvalue weighted by atomic mass is 10.1. The molecule has 0 radical (unpaired) electrons. The lowest BCUT2D eigenvalue weighted by Gasteiger charge is -2.16. The van der Waals surface area contributed by atoms with Gasteiger partial charge in [0.2, 0.25) is 5.91 Å². The number of halogens is 3. The third-order valence-electron chi connectivity index (χ3n) is 5.15. The van der Waals surface area contributed by atoms with Crippen LogP contribution in [0.25, 0.3) is 0 Å². The van der Waals surface area contributed by atoms with E-state index < -0.39 is 23.2 Å². The van der Waals surface area contributed by atoms with Gasteiger partial charge in [-0.3, -0.25) is 14.6 Å². The first-order chi connectivity index (χ1) is 17.0. The summed E-state index contributed by atoms with van der Waals surface area (Å²) in [6, 6.07) is 6.88. The molecule has 1 fully saturated rings. The average Bonchev–Trinajstić information content (AvgIpc) is 3.62. The normalized spacial score (nSPS) is 13.6. The molecule has 6 N–H and O–H groups in total. The van der Waals surface area contributed by atoms with Crippen LogP contribution in [0.2, 0.25) is 0 Å². The number of pyridine rings is 1. The van der Waals surface area contributed by atoms with Gasteiger partial charge in [0.05, 0.1) is 53.6 Å². The molecule has 1 aliphatic carbocycles. The van der Waals surface area contributed by atoms with Gasteiger partial charge in [-0.1, -0.05) is 0 Å². The second-order valence-corrected chi connectivity index (χ2v) is 7.90. The Morgan fingerprint density at radius 3 is 2.31 bits per heavy atom. The number of alkyl halides is 3. The molecule has 190 valence electrons. The maximum atomic E-state index is 13.2. The largest absolute Gasteiger partial charge is 0.497 e. The smallest absolute Gasteiger partial charge is 0.418 e. The second-order valence-electron chi connectivity index (χ2n) is 7.90. The number of rotatable bonds is 7. The van der Waals surface area contributed by atoms with Crippen LogP contribution in [0, 0.1) is 0 Å². The molecular formula is C23H24F3N7O3. The molecule has 0 spiro atoms. The van der Waals surface area contributed by atoms with Crippen LogP contribution in [0.3, 0.4) is 0 Å². The van der Waals surface area contributed by atoms with E-state index >= 15 is 0 Å². The maximum Gasteiger partial charge on any atom is 0.418 e. The number of amides is 2. The first kappa shape index (κ1) is 26.3. The van der Waals surface area contributed by atoms with Crippen molar-refractivity contribution >= 4 is 23.2 Å². The third-order valence-corrected chi connectivity index (χ3v) is 5.15. The zero-order valence-corrected chi connectivity index (χ0v) is 19.2. The molecular weight excluding hydrogens is 479 g/mol. The van der Waals surface area contributed by atoms with Gasteiger partial charge in [-0.15, -0.1) is 0 Å². The monoisotopic (exact) mass is 503 g/mol. The summed E-state index contributed by atoms with van der Waals surface area (Å²) >= 11 is 0. The van der Waals surface area contributed by atoms with Gasteiger partial charge in [0.1, 0.15) is 12.1 Å². The highest BCUT2D eigenvalue weighted by Gasteiger charge is 2.45. The molecule has 2 heterocycles. The molecule has 10 nitrogen and oxygen atoms in total. The van der Waals surface area contributed by atoms with E-state index in [1.807, 2.05) is 0 Å². The number of primary amides is 1. The van der Waals surface area contributed by atoms with E-state index in [9.17, 15) is 22.8 Å². The number of hydrogen-bond donors (Lipinski definition) is 4. The number of aromatic nitrogens is 3. The fourth-order valence-corrected chi connectivity index (χ4v) is 2.89. The lowest BCUT2D eigenvalue weighted by Crippen LogP contribution is -2.42. The highest BCUT2D eigenvalue weighted by atomic mass is 19.4. The molecule has 1 saturated carbocycles. The number of nitrogens with zero attached hydrogens (tertiary/aromatic N) is 3. The predicted octanol–water partition coefficient (Wildman–Crippen LogP) is 2.54. The summed E-state index contributed by atoms with van der Waals surface area (Å²) in [4.78, 5) is 33.5. The van der Waals surface area contributed by atoms with Gasteiger partial charge >= 0.3 is 6.18 Å². The minimum absolute atomic E-state index is 0.107. The van der Waals surface area contributed by atoms with E-state index in [0.717, 1.165) is 6.07 Å². The van der Waals surface area contributed by atoms with Crippen molar-refractivity contribution in [1.29, 1.82) is 0 Å². The summed E-state index contributed by atoms with van der Waals surface area (Å²) in [5.74, 6) is -0.611. The van der Waals surface area contributed by atoms with Crippen LogP contribution in [0.5, 0.6) is 5.75 Å². The van der Waals surface area contributed by atoms with E-state index in [-0.39, 0.29) is 23.9 Å². The van der Waals surface area contributed by atoms with Crippen LogP contribution >= 0.6 is 0 Å². The van der Waals surface area contributed by atoms with Gasteiger partial charge in [0.25, 0.3) is 5.91 Å². The predicted molar refractivity (Wildman–Crippen MR) is 124 cm³/mol.